The molecule has 0 aromatic heterocycles. The van der Waals surface area contributed by atoms with Crippen LogP contribution in [0.1, 0.15) is 18.0 Å². The van der Waals surface area contributed by atoms with E-state index in [1.54, 1.807) is 30.3 Å². The second-order valence-corrected chi connectivity index (χ2v) is 3.42. The highest BCUT2D eigenvalue weighted by molar-refractivity contribution is 5.74. The molecule has 0 aliphatic rings. The number of nitrogens with one attached hydrogen (secondary N) is 1. The second kappa shape index (κ2) is 5.86. The van der Waals surface area contributed by atoms with Crippen molar-refractivity contribution in [2.45, 2.75) is 12.5 Å². The standard InChI is InChI=1S/C11H14N2O4/c1-12-11(16)13(17)9(7-10(14)15)8-5-3-2-4-6-8/h2-6,9,17H,7H2,1H3,(H,12,16)(H,14,15). The van der Waals surface area contributed by atoms with Gasteiger partial charge in [-0.25, -0.2) is 4.79 Å². The number of rotatable bonds is 4. The van der Waals surface area contributed by atoms with Gasteiger partial charge in [-0.3, -0.25) is 10.0 Å². The van der Waals surface area contributed by atoms with Gasteiger partial charge in [-0.05, 0) is 5.56 Å². The molecule has 0 saturated heterocycles. The van der Waals surface area contributed by atoms with Crippen LogP contribution in [0.2, 0.25) is 0 Å². The third-order valence-electron chi connectivity index (χ3n) is 2.27. The first-order chi connectivity index (χ1) is 8.06. The Kier molecular flexibility index (Phi) is 4.47. The fraction of sp³-hybridized carbons (Fsp3) is 0.273. The molecule has 1 aromatic carbocycles. The molecular formula is C11H14N2O4. The predicted octanol–water partition coefficient (Wildman–Crippen LogP) is 1.23. The third kappa shape index (κ3) is 3.46. The van der Waals surface area contributed by atoms with Crippen LogP contribution in [0.15, 0.2) is 30.3 Å². The number of hydrogen-bond donors (Lipinski definition) is 3. The van der Waals surface area contributed by atoms with Crippen molar-refractivity contribution in [1.29, 1.82) is 0 Å². The van der Waals surface area contributed by atoms with Crippen molar-refractivity contribution in [3.8, 4) is 0 Å². The maximum absolute atomic E-state index is 11.3. The molecule has 6 heteroatoms. The van der Waals surface area contributed by atoms with Gasteiger partial charge in [-0.2, -0.15) is 5.06 Å². The average Bonchev–Trinajstić information content (AvgIpc) is 2.35. The van der Waals surface area contributed by atoms with Gasteiger partial charge in [-0.1, -0.05) is 30.3 Å². The highest BCUT2D eigenvalue weighted by atomic mass is 16.5. The Morgan fingerprint density at radius 3 is 2.41 bits per heavy atom. The fourth-order valence-corrected chi connectivity index (χ4v) is 1.44. The summed E-state index contributed by atoms with van der Waals surface area (Å²) in [4.78, 5) is 22.0. The SMILES string of the molecule is CNC(=O)N(O)C(CC(=O)O)c1ccccc1. The zero-order chi connectivity index (χ0) is 12.8. The normalized spacial score (nSPS) is 11.6. The molecule has 17 heavy (non-hydrogen) atoms. The van der Waals surface area contributed by atoms with Gasteiger partial charge in [0.25, 0.3) is 0 Å². The van der Waals surface area contributed by atoms with Gasteiger partial charge in [-0.15, -0.1) is 0 Å². The predicted molar refractivity (Wildman–Crippen MR) is 59.5 cm³/mol. The Morgan fingerprint density at radius 1 is 1.35 bits per heavy atom. The molecule has 0 fully saturated rings. The molecule has 3 N–H and O–H groups in total. The van der Waals surface area contributed by atoms with E-state index in [0.29, 0.717) is 10.6 Å². The van der Waals surface area contributed by atoms with Crippen molar-refractivity contribution in [2.24, 2.45) is 0 Å². The monoisotopic (exact) mass is 238 g/mol. The zero-order valence-corrected chi connectivity index (χ0v) is 9.33. The van der Waals surface area contributed by atoms with Crippen LogP contribution in [-0.4, -0.2) is 34.4 Å². The Hall–Kier alpha value is -2.08. The maximum atomic E-state index is 11.3. The second-order valence-electron chi connectivity index (χ2n) is 3.42. The summed E-state index contributed by atoms with van der Waals surface area (Å²) in [6, 6.07) is 6.83. The number of hydrogen-bond acceptors (Lipinski definition) is 3. The first-order valence-electron chi connectivity index (χ1n) is 5.02. The first kappa shape index (κ1) is 13.0. The lowest BCUT2D eigenvalue weighted by Crippen LogP contribution is -2.39. The van der Waals surface area contributed by atoms with Crippen molar-refractivity contribution in [3.05, 3.63) is 35.9 Å². The number of carboxylic acids is 1. The van der Waals surface area contributed by atoms with E-state index in [1.807, 2.05) is 0 Å². The van der Waals surface area contributed by atoms with Gasteiger partial charge in [0.05, 0.1) is 12.5 Å². The van der Waals surface area contributed by atoms with Crippen LogP contribution in [-0.2, 0) is 4.79 Å². The number of carbonyl (C=O) groups excluding carboxylic acids is 1. The summed E-state index contributed by atoms with van der Waals surface area (Å²) in [6.07, 6.45) is -0.367. The van der Waals surface area contributed by atoms with E-state index in [9.17, 15) is 14.8 Å². The van der Waals surface area contributed by atoms with E-state index in [1.165, 1.54) is 7.05 Å². The molecule has 1 unspecified atom stereocenters. The molecule has 0 heterocycles. The van der Waals surface area contributed by atoms with E-state index in [0.717, 1.165) is 0 Å². The third-order valence-corrected chi connectivity index (χ3v) is 2.27. The van der Waals surface area contributed by atoms with Crippen LogP contribution in [0, 0.1) is 0 Å². The largest absolute Gasteiger partial charge is 0.481 e. The zero-order valence-electron chi connectivity index (χ0n) is 9.33. The van der Waals surface area contributed by atoms with Gasteiger partial charge in [0, 0.05) is 7.05 Å². The van der Waals surface area contributed by atoms with Crippen LogP contribution >= 0.6 is 0 Å². The van der Waals surface area contributed by atoms with Crippen LogP contribution in [0.25, 0.3) is 0 Å². The molecule has 0 spiro atoms. The van der Waals surface area contributed by atoms with Crippen LogP contribution < -0.4 is 5.32 Å². The first-order valence-corrected chi connectivity index (χ1v) is 5.02. The van der Waals surface area contributed by atoms with E-state index in [4.69, 9.17) is 5.11 Å². The molecule has 0 bridgehead atoms. The Balaban J connectivity index is 2.95. The summed E-state index contributed by atoms with van der Waals surface area (Å²) >= 11 is 0. The molecular weight excluding hydrogens is 224 g/mol. The number of aliphatic carboxylic acids is 1. The average molecular weight is 238 g/mol. The molecule has 1 aromatic rings. The van der Waals surface area contributed by atoms with Crippen molar-refractivity contribution < 1.29 is 19.9 Å². The van der Waals surface area contributed by atoms with Crippen molar-refractivity contribution in [3.63, 3.8) is 0 Å². The Morgan fingerprint density at radius 2 is 1.94 bits per heavy atom. The number of amides is 2. The van der Waals surface area contributed by atoms with E-state index in [2.05, 4.69) is 5.32 Å². The Bertz CT molecular complexity index is 394. The van der Waals surface area contributed by atoms with E-state index in [-0.39, 0.29) is 6.42 Å². The lowest BCUT2D eigenvalue weighted by atomic mass is 10.0. The van der Waals surface area contributed by atoms with Gasteiger partial charge in [0.2, 0.25) is 0 Å². The summed E-state index contributed by atoms with van der Waals surface area (Å²) in [7, 11) is 1.36. The number of carbonyl (C=O) groups is 2. The van der Waals surface area contributed by atoms with Crippen LogP contribution in [0.4, 0.5) is 4.79 Å². The lowest BCUT2D eigenvalue weighted by Gasteiger charge is -2.24. The van der Waals surface area contributed by atoms with Gasteiger partial charge in [0.15, 0.2) is 0 Å². The highest BCUT2D eigenvalue weighted by Crippen LogP contribution is 2.22. The molecule has 0 aliphatic heterocycles. The summed E-state index contributed by atoms with van der Waals surface area (Å²) in [5.41, 5.74) is 0.556. The highest BCUT2D eigenvalue weighted by Gasteiger charge is 2.25. The van der Waals surface area contributed by atoms with Gasteiger partial charge < -0.3 is 10.4 Å². The number of hydroxylamine groups is 2. The number of benzene rings is 1. The molecule has 0 saturated carbocycles. The molecule has 2 amide bonds. The molecule has 1 atom stereocenters. The van der Waals surface area contributed by atoms with Crippen molar-refractivity contribution in [1.82, 2.24) is 10.4 Å². The minimum Gasteiger partial charge on any atom is -0.481 e. The van der Waals surface area contributed by atoms with Gasteiger partial charge in [0.1, 0.15) is 0 Å². The van der Waals surface area contributed by atoms with E-state index >= 15 is 0 Å². The molecule has 0 aliphatic carbocycles. The smallest absolute Gasteiger partial charge is 0.341 e. The molecule has 0 radical (unpaired) electrons. The lowest BCUT2D eigenvalue weighted by molar-refractivity contribution is -0.143. The summed E-state index contributed by atoms with van der Waals surface area (Å²) < 4.78 is 0. The summed E-state index contributed by atoms with van der Waals surface area (Å²) in [5.74, 6) is -1.10. The number of urea groups is 1. The Labute approximate surface area is 98.4 Å². The minimum atomic E-state index is -1.10. The summed E-state index contributed by atoms with van der Waals surface area (Å²) in [5, 5.41) is 21.0. The van der Waals surface area contributed by atoms with Crippen LogP contribution in [0.5, 0.6) is 0 Å². The molecule has 6 nitrogen and oxygen atoms in total. The summed E-state index contributed by atoms with van der Waals surface area (Å²) in [6.45, 7) is 0. The molecule has 1 rings (SSSR count). The topological polar surface area (TPSA) is 89.9 Å². The maximum Gasteiger partial charge on any atom is 0.341 e. The molecule has 92 valence electrons. The van der Waals surface area contributed by atoms with Crippen molar-refractivity contribution in [2.75, 3.05) is 7.05 Å². The van der Waals surface area contributed by atoms with Crippen LogP contribution in [0.3, 0.4) is 0 Å². The number of nitrogens with zero attached hydrogens (tertiary/aromatic N) is 1. The minimum absolute atomic E-state index is 0.367. The quantitative estimate of drug-likeness (QED) is 0.543. The van der Waals surface area contributed by atoms with Gasteiger partial charge >= 0.3 is 12.0 Å². The fourth-order valence-electron chi connectivity index (χ4n) is 1.44. The van der Waals surface area contributed by atoms with E-state index < -0.39 is 18.0 Å². The van der Waals surface area contributed by atoms with Crippen molar-refractivity contribution >= 4 is 12.0 Å². The number of carboxylic acid groups (broad SMARTS) is 1.